The molecule has 4 unspecified atom stereocenters. The van der Waals surface area contributed by atoms with Crippen molar-refractivity contribution in [3.05, 3.63) is 201 Å². The molecule has 0 amide bonds. The maximum Gasteiger partial charge on any atom is 0.472 e. The third-order valence-electron chi connectivity index (χ3n) is 22.8. The van der Waals surface area contributed by atoms with Gasteiger partial charge >= 0.3 is 54.0 Å². The Morgan fingerprint density at radius 2 is 0.776 bits per heavy atom. The molecule has 0 aliphatic carbocycles. The van der Waals surface area contributed by atoms with E-state index in [1.165, 1.54) is 82.9 Å². The first kappa shape index (κ1) is 91.4. The minimum atomic E-state index is -6.08. The molecule has 15 rings (SSSR count). The van der Waals surface area contributed by atoms with Crippen LogP contribution in [0.15, 0.2) is 145 Å². The zero-order valence-corrected chi connectivity index (χ0v) is 70.6. The molecule has 10 N–H and O–H groups in total. The molecule has 12 heterocycles. The number of ether oxygens (including phenoxy) is 10. The number of para-hydroxylation sites is 3. The normalized spacial score (nSPS) is 33.1. The molecule has 52 heteroatoms. The van der Waals surface area contributed by atoms with Crippen LogP contribution in [0.4, 0.5) is 41.9 Å². The fourth-order valence-corrected chi connectivity index (χ4v) is 20.3. The van der Waals surface area contributed by atoms with Crippen molar-refractivity contribution in [3.8, 4) is 0 Å². The Morgan fingerprint density at radius 1 is 0.440 bits per heavy atom. The van der Waals surface area contributed by atoms with Gasteiger partial charge in [-0.1, -0.05) is 36.4 Å². The minimum Gasteiger partial charge on any atom is -0.383 e. The average Bonchev–Trinajstić information content (AvgIpc) is 1.62. The highest BCUT2D eigenvalue weighted by atomic mass is 31.2. The van der Waals surface area contributed by atoms with Crippen molar-refractivity contribution < 1.29 is 135 Å². The molecule has 125 heavy (non-hydrogen) atoms. The Morgan fingerprint density at radius 3 is 1.13 bits per heavy atom. The smallest absolute Gasteiger partial charge is 0.383 e. The number of halogens is 3. The second-order valence-corrected chi connectivity index (χ2v) is 36.1. The lowest BCUT2D eigenvalue weighted by Crippen LogP contribution is -2.53. The molecular weight excluding hydrogens is 1750 g/mol. The Labute approximate surface area is 705 Å². The van der Waals surface area contributed by atoms with Gasteiger partial charge < -0.3 is 93.1 Å². The van der Waals surface area contributed by atoms with Crippen LogP contribution in [-0.2, 0) is 102 Å². The van der Waals surface area contributed by atoms with Crippen LogP contribution in [0, 0.1) is 24.4 Å². The van der Waals surface area contributed by atoms with Crippen LogP contribution in [0.5, 0.6) is 0 Å². The van der Waals surface area contributed by atoms with Crippen LogP contribution >= 0.6 is 31.3 Å². The van der Waals surface area contributed by atoms with Crippen molar-refractivity contribution in [2.75, 3.05) is 113 Å². The first-order valence-corrected chi connectivity index (χ1v) is 45.2. The van der Waals surface area contributed by atoms with Crippen LogP contribution in [0.3, 0.4) is 0 Å². The van der Waals surface area contributed by atoms with E-state index >= 15 is 26.9 Å². The number of aromatic nitrogens is 8. The molecule has 7 aromatic rings. The third-order valence-corrected chi connectivity index (χ3v) is 26.8. The summed E-state index contributed by atoms with van der Waals surface area (Å²) in [6, 6.07) is 20.7. The predicted molar refractivity (Wildman–Crippen MR) is 423 cm³/mol. The molecule has 4 aromatic heterocycles. The van der Waals surface area contributed by atoms with Gasteiger partial charge in [0.25, 0.3) is 11.1 Å². The zero-order valence-electron chi connectivity index (χ0n) is 67.0. The molecule has 0 bridgehead atoms. The van der Waals surface area contributed by atoms with Gasteiger partial charge in [-0.2, -0.15) is 9.97 Å². The number of fused-ring (bicyclic) bond motifs is 4. The summed E-state index contributed by atoms with van der Waals surface area (Å²) in [6.07, 6.45) is -27.8. The van der Waals surface area contributed by atoms with Crippen molar-refractivity contribution in [2.45, 2.75) is 161 Å². The molecule has 8 fully saturated rings. The molecule has 8 saturated heterocycles. The Hall–Kier alpha value is -8.39. The molecule has 19 atom stereocenters. The second kappa shape index (κ2) is 37.0. The highest BCUT2D eigenvalue weighted by Gasteiger charge is 2.61. The van der Waals surface area contributed by atoms with Crippen molar-refractivity contribution in [2.24, 2.45) is 0 Å². The highest BCUT2D eigenvalue weighted by molar-refractivity contribution is 7.48. The van der Waals surface area contributed by atoms with E-state index in [1.807, 2.05) is 0 Å². The zero-order chi connectivity index (χ0) is 88.9. The number of nitrogens with zero attached hydrogens (tertiary/aromatic N) is 9. The summed E-state index contributed by atoms with van der Waals surface area (Å²) in [7, 11) is -20.2. The number of nitrogen functional groups attached to an aromatic ring is 2. The molecule has 8 aliphatic heterocycles. The molecule has 0 radical (unpaired) electrons. The summed E-state index contributed by atoms with van der Waals surface area (Å²) in [5.74, 6) is -7.95. The number of aromatic amines is 2. The number of phosphoric acid groups is 4. The van der Waals surface area contributed by atoms with E-state index in [4.69, 9.17) is 95.0 Å². The predicted octanol–water partition coefficient (Wildman–Crippen LogP) is 3.58. The summed E-state index contributed by atoms with van der Waals surface area (Å²) in [4.78, 5) is 148. The maximum absolute atomic E-state index is 15.6. The number of hydrogen-bond acceptors (Lipinski definition) is 35. The lowest BCUT2D eigenvalue weighted by molar-refractivity contribution is -0.275. The number of nitrogens with one attached hydrogen (secondary N) is 2. The van der Waals surface area contributed by atoms with Gasteiger partial charge in [0, 0.05) is 142 Å². The number of H-pyrrole nitrogens is 2. The number of benzene rings is 3. The van der Waals surface area contributed by atoms with Crippen molar-refractivity contribution in [3.63, 3.8) is 0 Å². The molecule has 8 aliphatic rings. The Balaban J connectivity index is 0.838. The van der Waals surface area contributed by atoms with Crippen LogP contribution in [0.25, 0.3) is 0 Å². The molecule has 3 aromatic carbocycles. The van der Waals surface area contributed by atoms with Crippen molar-refractivity contribution in [1.29, 1.82) is 0 Å². The number of anilines is 5. The second-order valence-electron chi connectivity index (χ2n) is 30.5. The fraction of sp³-hybridized carbons (Fsp3) is 0.534. The number of phosphoric ester groups is 4. The maximum atomic E-state index is 15.6. The van der Waals surface area contributed by atoms with Gasteiger partial charge in [-0.05, 0) is 55.5 Å². The van der Waals surface area contributed by atoms with Gasteiger partial charge in [-0.3, -0.25) is 74.0 Å². The molecule has 45 nitrogen and oxygen atoms in total. The van der Waals surface area contributed by atoms with E-state index < -0.39 is 225 Å². The lowest BCUT2D eigenvalue weighted by atomic mass is 10.0. The highest BCUT2D eigenvalue weighted by Crippen LogP contribution is 2.58. The van der Waals surface area contributed by atoms with Gasteiger partial charge in [-0.25, -0.2) is 50.6 Å². The topological polar surface area (TPSA) is 557 Å². The first-order valence-electron chi connectivity index (χ1n) is 39.2. The number of rotatable bonds is 16. The van der Waals surface area contributed by atoms with E-state index in [9.17, 15) is 52.9 Å². The number of piperidine rings is 3. The number of methoxy groups -OCH3 is 3. The molecule has 0 spiro atoms. The standard InChI is InChI=1S/C73H90F3N13O32P4/c1-41-36-89(70(95)82-63(41)91)56-35-48-49(111-56)37-107-123(98,99)119-58-51(113-65(87-27-18-54(78)80-68(87)93)61(58)116-72(105-3)22-31-84(32-23-72)46-15-9-6-12-43(46)75)39-109-125(102,103)121-59-52(114-66(88-28-19-55(90)81-69(88)94)62(59)117-73(106-4)24-33-85(34-25-73)47-16-10-7-13-44(47)76)40-110-124(100,101)120-57-50(38-108-122(96,97)118-48)112-64(86-26-17-53(77)79-67(86)92)60(57)115-71(104-2)20-29-83(30-21-71)45-14-8-5-11-42(45)74/h5-19,26-28,36,48-52,56-62,64-66H,20-25,29-35,37-40H2,1-4H3,(H,96,97)(H,98,99)(H,100,101)(H,102,103)(H2,77,79,92)(H2,78,80,93)(H,81,90,94)(H,82,91,95)/t48-,49+,50+,51+,52+,56+,57+,58+,59+,60+,61+,62+,64+,65+,66+/m0/s1. The molecule has 680 valence electrons. The number of hydrogen-bond donors (Lipinski definition) is 8. The van der Waals surface area contributed by atoms with Gasteiger partial charge in [0.1, 0.15) is 102 Å². The van der Waals surface area contributed by atoms with Gasteiger partial charge in [0.05, 0.1) is 43.5 Å². The Kier molecular flexibility index (Phi) is 27.0. The fourth-order valence-electron chi connectivity index (χ4n) is 16.4. The molecule has 0 saturated carbocycles. The summed E-state index contributed by atoms with van der Waals surface area (Å²) in [5.41, 5.74) is 6.07. The van der Waals surface area contributed by atoms with E-state index in [1.54, 1.807) is 32.9 Å². The lowest BCUT2D eigenvalue weighted by Gasteiger charge is -2.44. The monoisotopic (exact) mass is 1840 g/mol. The van der Waals surface area contributed by atoms with E-state index in [0.717, 1.165) is 61.3 Å². The van der Waals surface area contributed by atoms with Gasteiger partial charge in [-0.15, -0.1) is 0 Å². The van der Waals surface area contributed by atoms with Crippen LogP contribution < -0.4 is 60.0 Å². The van der Waals surface area contributed by atoms with E-state index in [2.05, 4.69) is 19.9 Å². The van der Waals surface area contributed by atoms with Crippen LogP contribution in [-0.4, -0.2) is 229 Å². The summed E-state index contributed by atoms with van der Waals surface area (Å²) in [5, 5.41) is 0. The van der Waals surface area contributed by atoms with Crippen LogP contribution in [0.1, 0.15) is 75.4 Å². The van der Waals surface area contributed by atoms with E-state index in [0.29, 0.717) is 0 Å². The van der Waals surface area contributed by atoms with Crippen LogP contribution in [0.2, 0.25) is 0 Å². The average molecular weight is 1840 g/mol. The third kappa shape index (κ3) is 20.2. The first-order chi connectivity index (χ1) is 59.5. The minimum absolute atomic E-state index is 0.00485. The SMILES string of the molecule is COC1(O[C@@H]2[C@@H]3OP(=O)(O)OC[C@H]4O[C@@H](n5cc(C)c(=O)[nH]c5=O)C[C@@H]4OP(=O)(O)OC[C@H]4O[C@@H](n5ccc(N)nc5=O)[C@H](OC5(OC)CCN(c6ccccc6F)CC5)[C@@H]4OP(=O)(O)OC[C@H]4O[C@@H](n5ccc(=O)[nH]c5=O)[C@H](OC5(OC)CCN(c6ccccc6F)CC5)[C@@H]4OP(=O)(O)OC[C@H]3O[C@H]2n2ccc(N)nc2=O)CCN(c2ccccc2F)CC1. The summed E-state index contributed by atoms with van der Waals surface area (Å²) in [6.45, 7) is -4.03. The van der Waals surface area contributed by atoms with Gasteiger partial charge in [0.15, 0.2) is 36.0 Å². The largest absolute Gasteiger partial charge is 0.472 e. The Bertz CT molecular complexity index is 5660. The van der Waals surface area contributed by atoms with Crippen molar-refractivity contribution in [1.82, 2.24) is 38.2 Å². The summed E-state index contributed by atoms with van der Waals surface area (Å²) >= 11 is 0. The number of aryl methyl sites for hydroxylation is 1. The molecular formula is C73H90F3N13O32P4. The van der Waals surface area contributed by atoms with Crippen molar-refractivity contribution >= 4 is 60.0 Å². The van der Waals surface area contributed by atoms with E-state index in [-0.39, 0.29) is 112 Å². The van der Waals surface area contributed by atoms with Gasteiger partial charge in [0.2, 0.25) is 0 Å². The number of nitrogens with two attached hydrogens (primary N) is 2. The quantitative estimate of drug-likeness (QED) is 0.0506. The summed E-state index contributed by atoms with van der Waals surface area (Å²) < 4.78 is 223.